The Labute approximate surface area is 175 Å². The second-order valence-electron chi connectivity index (χ2n) is 8.09. The van der Waals surface area contributed by atoms with Crippen molar-refractivity contribution in [3.8, 4) is 5.88 Å². The quantitative estimate of drug-likeness (QED) is 0.642. The predicted octanol–water partition coefficient (Wildman–Crippen LogP) is 3.22. The lowest BCUT2D eigenvalue weighted by molar-refractivity contribution is -0.0831. The minimum atomic E-state index is -0.999. The summed E-state index contributed by atoms with van der Waals surface area (Å²) in [6, 6.07) is 0. The van der Waals surface area contributed by atoms with Crippen molar-refractivity contribution in [3.63, 3.8) is 0 Å². The molecule has 2 saturated heterocycles. The average Bonchev–Trinajstić information content (AvgIpc) is 3.33. The number of fused-ring (bicyclic) bond motifs is 2. The Morgan fingerprint density at radius 2 is 2.07 bits per heavy atom. The van der Waals surface area contributed by atoms with Gasteiger partial charge >= 0.3 is 6.16 Å². The molecule has 2 aliphatic heterocycles. The van der Waals surface area contributed by atoms with Crippen LogP contribution >= 0.6 is 0 Å². The number of nitrogens with zero attached hydrogens (tertiary/aromatic N) is 4. The van der Waals surface area contributed by atoms with E-state index in [1.54, 1.807) is 10.9 Å². The number of nitrogens with two attached hydrogens (primary N) is 1. The molecule has 2 aromatic heterocycles. The molecule has 4 atom stereocenters. The molecule has 4 unspecified atom stereocenters. The molecule has 2 N–H and O–H groups in total. The zero-order chi connectivity index (χ0) is 21.5. The molecule has 0 spiro atoms. The van der Waals surface area contributed by atoms with Crippen LogP contribution in [0.15, 0.2) is 6.33 Å². The summed E-state index contributed by atoms with van der Waals surface area (Å²) in [6.45, 7) is 8.64. The maximum atomic E-state index is 11.9. The van der Waals surface area contributed by atoms with Crippen LogP contribution in [0.4, 0.5) is 10.7 Å². The largest absolute Gasteiger partial charge is 0.509 e. The van der Waals surface area contributed by atoms with Crippen molar-refractivity contribution in [1.82, 2.24) is 19.5 Å². The van der Waals surface area contributed by atoms with Crippen LogP contribution in [0.25, 0.3) is 11.2 Å². The fraction of sp³-hybridized carbons (Fsp3) is 0.700. The first-order valence-electron chi connectivity index (χ1n) is 10.6. The van der Waals surface area contributed by atoms with Gasteiger partial charge in [0.2, 0.25) is 11.8 Å². The summed E-state index contributed by atoms with van der Waals surface area (Å²) >= 11 is 0. The molecule has 0 bridgehead atoms. The summed E-state index contributed by atoms with van der Waals surface area (Å²) in [5, 5.41) is 0. The summed E-state index contributed by atoms with van der Waals surface area (Å²) in [7, 11) is 0. The molecule has 10 nitrogen and oxygen atoms in total. The number of hydrogen-bond acceptors (Lipinski definition) is 9. The highest BCUT2D eigenvalue weighted by atomic mass is 16.8. The molecule has 0 aromatic carbocycles. The Morgan fingerprint density at radius 1 is 1.30 bits per heavy atom. The molecular formula is C20H29N5O5. The van der Waals surface area contributed by atoms with E-state index in [4.69, 9.17) is 24.7 Å². The smallest absolute Gasteiger partial charge is 0.476 e. The molecule has 164 valence electrons. The number of carbonyl (C=O) groups is 1. The number of anilines is 1. The van der Waals surface area contributed by atoms with Crippen molar-refractivity contribution >= 4 is 23.3 Å². The van der Waals surface area contributed by atoms with E-state index in [2.05, 4.69) is 35.7 Å². The van der Waals surface area contributed by atoms with E-state index in [9.17, 15) is 4.79 Å². The lowest BCUT2D eigenvalue weighted by Gasteiger charge is -2.26. The summed E-state index contributed by atoms with van der Waals surface area (Å²) in [4.78, 5) is 25.0. The fourth-order valence-corrected chi connectivity index (χ4v) is 4.24. The molecule has 30 heavy (non-hydrogen) atoms. The van der Waals surface area contributed by atoms with Gasteiger partial charge < -0.3 is 24.7 Å². The Balaban J connectivity index is 1.70. The minimum Gasteiger partial charge on any atom is -0.476 e. The van der Waals surface area contributed by atoms with Crippen molar-refractivity contribution in [3.05, 3.63) is 6.33 Å². The second kappa shape index (κ2) is 7.90. The van der Waals surface area contributed by atoms with Gasteiger partial charge in [0.15, 0.2) is 29.1 Å². The summed E-state index contributed by atoms with van der Waals surface area (Å²) < 4.78 is 24.9. The van der Waals surface area contributed by atoms with Gasteiger partial charge in [-0.1, -0.05) is 40.0 Å². The molecule has 0 saturated carbocycles. The van der Waals surface area contributed by atoms with Crippen LogP contribution in [-0.2, 0) is 14.2 Å². The number of rotatable bonds is 8. The zero-order valence-electron chi connectivity index (χ0n) is 17.8. The van der Waals surface area contributed by atoms with Gasteiger partial charge in [0.25, 0.3) is 0 Å². The van der Waals surface area contributed by atoms with Gasteiger partial charge in [-0.05, 0) is 19.3 Å². The SMILES string of the molecule is CCCC1OC(n2cnc3c(OCC(CC)CC)nc(N)nc32)C2(C)OC(=O)OC12. The standard InChI is InChI=1S/C20H29N5O5/c1-5-8-12-14-20(4,30-19(26)29-14)17(28-12)25-10-22-13-15(25)23-18(21)24-16(13)27-9-11(6-2)7-3/h10-12,14,17H,5-9H2,1-4H3,(H2,21,23,24). The number of hydrogen-bond donors (Lipinski definition) is 1. The Kier molecular flexibility index (Phi) is 5.44. The number of imidazole rings is 1. The van der Waals surface area contributed by atoms with E-state index in [-0.39, 0.29) is 12.1 Å². The molecular weight excluding hydrogens is 390 g/mol. The Bertz CT molecular complexity index is 930. The van der Waals surface area contributed by atoms with Gasteiger partial charge in [-0.25, -0.2) is 9.78 Å². The van der Waals surface area contributed by atoms with E-state index >= 15 is 0 Å². The average molecular weight is 419 g/mol. The van der Waals surface area contributed by atoms with Crippen molar-refractivity contribution in [2.75, 3.05) is 12.3 Å². The summed E-state index contributed by atoms with van der Waals surface area (Å²) in [5.41, 5.74) is 5.92. The molecule has 0 aliphatic carbocycles. The molecule has 2 aromatic rings. The highest BCUT2D eigenvalue weighted by molar-refractivity contribution is 5.77. The van der Waals surface area contributed by atoms with Crippen LogP contribution < -0.4 is 10.5 Å². The fourth-order valence-electron chi connectivity index (χ4n) is 4.24. The highest BCUT2D eigenvalue weighted by Crippen LogP contribution is 2.48. The van der Waals surface area contributed by atoms with Crippen LogP contribution in [0.2, 0.25) is 0 Å². The van der Waals surface area contributed by atoms with Crippen molar-refractivity contribution in [2.45, 2.75) is 77.4 Å². The lowest BCUT2D eigenvalue weighted by Crippen LogP contribution is -2.41. The van der Waals surface area contributed by atoms with Crippen LogP contribution in [0.3, 0.4) is 0 Å². The number of carbonyl (C=O) groups excluding carboxylic acids is 1. The van der Waals surface area contributed by atoms with Crippen LogP contribution in [0.1, 0.15) is 59.6 Å². The summed E-state index contributed by atoms with van der Waals surface area (Å²) in [5.74, 6) is 0.835. The van der Waals surface area contributed by atoms with Crippen molar-refractivity contribution in [2.24, 2.45) is 5.92 Å². The zero-order valence-corrected chi connectivity index (χ0v) is 17.8. The molecule has 0 amide bonds. The number of nitrogen functional groups attached to an aromatic ring is 1. The first-order chi connectivity index (χ1) is 14.4. The van der Waals surface area contributed by atoms with Gasteiger partial charge in [0.1, 0.15) is 6.10 Å². The van der Waals surface area contributed by atoms with Gasteiger partial charge in [-0.2, -0.15) is 9.97 Å². The van der Waals surface area contributed by atoms with E-state index in [0.717, 1.165) is 25.7 Å². The van der Waals surface area contributed by atoms with E-state index in [1.165, 1.54) is 0 Å². The third-order valence-corrected chi connectivity index (χ3v) is 6.07. The van der Waals surface area contributed by atoms with Crippen molar-refractivity contribution in [1.29, 1.82) is 0 Å². The second-order valence-corrected chi connectivity index (χ2v) is 8.09. The predicted molar refractivity (Wildman–Crippen MR) is 108 cm³/mol. The maximum absolute atomic E-state index is 11.9. The number of ether oxygens (including phenoxy) is 4. The third kappa shape index (κ3) is 3.32. The van der Waals surface area contributed by atoms with E-state index < -0.39 is 24.1 Å². The first kappa shape index (κ1) is 20.6. The van der Waals surface area contributed by atoms with Gasteiger partial charge in [-0.3, -0.25) is 4.57 Å². The van der Waals surface area contributed by atoms with E-state index in [0.29, 0.717) is 29.6 Å². The van der Waals surface area contributed by atoms with Gasteiger partial charge in [0, 0.05) is 0 Å². The molecule has 2 aliphatic rings. The monoisotopic (exact) mass is 419 g/mol. The third-order valence-electron chi connectivity index (χ3n) is 6.07. The van der Waals surface area contributed by atoms with Crippen molar-refractivity contribution < 1.29 is 23.7 Å². The number of aromatic nitrogens is 4. The lowest BCUT2D eigenvalue weighted by atomic mass is 9.94. The topological polar surface area (TPSA) is 124 Å². The molecule has 2 fully saturated rings. The molecule has 4 heterocycles. The summed E-state index contributed by atoms with van der Waals surface area (Å²) in [6.07, 6.45) is 3.10. The molecule has 0 radical (unpaired) electrons. The highest BCUT2D eigenvalue weighted by Gasteiger charge is 2.64. The normalized spacial score (nSPS) is 28.0. The molecule has 10 heteroatoms. The Hall–Kier alpha value is -2.62. The first-order valence-corrected chi connectivity index (χ1v) is 10.6. The minimum absolute atomic E-state index is 0.0771. The van der Waals surface area contributed by atoms with Gasteiger partial charge in [-0.15, -0.1) is 0 Å². The maximum Gasteiger partial charge on any atom is 0.509 e. The van der Waals surface area contributed by atoms with Gasteiger partial charge in [0.05, 0.1) is 12.9 Å². The molecule has 4 rings (SSSR count). The van der Waals surface area contributed by atoms with Crippen LogP contribution in [0.5, 0.6) is 5.88 Å². The van der Waals surface area contributed by atoms with Crippen LogP contribution in [0, 0.1) is 5.92 Å². The van der Waals surface area contributed by atoms with E-state index in [1.807, 2.05) is 6.92 Å². The Morgan fingerprint density at radius 3 is 2.77 bits per heavy atom. The van der Waals surface area contributed by atoms with Crippen LogP contribution in [-0.4, -0.2) is 50.1 Å².